The molecule has 4 rings (SSSR count). The number of hydrogen-bond acceptors (Lipinski definition) is 6. The van der Waals surface area contributed by atoms with Gasteiger partial charge in [0, 0.05) is 23.1 Å². The third-order valence-corrected chi connectivity index (χ3v) is 4.95. The number of pyridine rings is 1. The van der Waals surface area contributed by atoms with E-state index < -0.39 is 10.5 Å². The van der Waals surface area contributed by atoms with Crippen LogP contribution in [0, 0.1) is 10.1 Å². The van der Waals surface area contributed by atoms with Crippen LogP contribution in [0.4, 0.5) is 5.69 Å². The zero-order chi connectivity index (χ0) is 19.0. The van der Waals surface area contributed by atoms with Gasteiger partial charge >= 0.3 is 0 Å². The monoisotopic (exact) mass is 380 g/mol. The first-order valence-corrected chi connectivity index (χ1v) is 8.81. The van der Waals surface area contributed by atoms with E-state index in [0.717, 1.165) is 34.0 Å². The minimum Gasteiger partial charge on any atom is -0.308 e. The molecule has 0 saturated heterocycles. The van der Waals surface area contributed by atoms with Crippen LogP contribution in [0.5, 0.6) is 0 Å². The van der Waals surface area contributed by atoms with Crippen molar-refractivity contribution in [1.29, 1.82) is 0 Å². The largest absolute Gasteiger partial charge is 0.308 e. The molecule has 3 aromatic heterocycles. The maximum atomic E-state index is 12.6. The normalized spacial score (nSPS) is 11.0. The van der Waals surface area contributed by atoms with Crippen molar-refractivity contribution in [2.45, 2.75) is 6.54 Å². The van der Waals surface area contributed by atoms with Gasteiger partial charge in [0.25, 0.3) is 16.8 Å². The second-order valence-corrected chi connectivity index (χ2v) is 6.68. The zero-order valence-corrected chi connectivity index (χ0v) is 14.6. The predicted molar refractivity (Wildman–Crippen MR) is 102 cm³/mol. The Bertz CT molecular complexity index is 1270. The van der Waals surface area contributed by atoms with Crippen molar-refractivity contribution < 1.29 is 4.92 Å². The van der Waals surface area contributed by atoms with Crippen LogP contribution in [0.25, 0.3) is 21.3 Å². The molecular weight excluding hydrogens is 368 g/mol. The highest BCUT2D eigenvalue weighted by Gasteiger charge is 2.14. The number of aromatic amines is 1. The number of nitrogens with zero attached hydrogens (tertiary/aromatic N) is 3. The lowest BCUT2D eigenvalue weighted by Gasteiger charge is -2.05. The lowest BCUT2D eigenvalue weighted by Crippen LogP contribution is -2.22. The van der Waals surface area contributed by atoms with Crippen LogP contribution in [0.15, 0.2) is 63.6 Å². The van der Waals surface area contributed by atoms with E-state index in [0.29, 0.717) is 10.2 Å². The SMILES string of the molecule is O=c1[nH]c(Cn2cc([N+](=O)[O-])ccc2=O)nc2scc(-c3ccccc3)c12. The average molecular weight is 380 g/mol. The van der Waals surface area contributed by atoms with E-state index in [1.165, 1.54) is 11.3 Å². The molecule has 1 aromatic carbocycles. The van der Waals surface area contributed by atoms with Crippen LogP contribution in [0.2, 0.25) is 0 Å². The molecule has 134 valence electrons. The van der Waals surface area contributed by atoms with Gasteiger partial charge in [0.05, 0.1) is 23.1 Å². The highest BCUT2D eigenvalue weighted by atomic mass is 32.1. The van der Waals surface area contributed by atoms with Gasteiger partial charge in [-0.3, -0.25) is 19.7 Å². The van der Waals surface area contributed by atoms with Crippen molar-refractivity contribution in [3.63, 3.8) is 0 Å². The molecule has 0 atom stereocenters. The second-order valence-electron chi connectivity index (χ2n) is 5.82. The average Bonchev–Trinajstić information content (AvgIpc) is 3.08. The van der Waals surface area contributed by atoms with Gasteiger partial charge in [-0.25, -0.2) is 4.98 Å². The molecule has 0 radical (unpaired) electrons. The minimum absolute atomic E-state index is 0.0652. The summed E-state index contributed by atoms with van der Waals surface area (Å²) in [7, 11) is 0. The summed E-state index contributed by atoms with van der Waals surface area (Å²) in [6, 6.07) is 11.8. The number of H-pyrrole nitrogens is 1. The summed E-state index contributed by atoms with van der Waals surface area (Å²) >= 11 is 1.33. The fraction of sp³-hybridized carbons (Fsp3) is 0.0556. The molecule has 0 aliphatic heterocycles. The topological polar surface area (TPSA) is 111 Å². The van der Waals surface area contributed by atoms with Gasteiger partial charge in [0.1, 0.15) is 10.7 Å². The van der Waals surface area contributed by atoms with E-state index >= 15 is 0 Å². The summed E-state index contributed by atoms with van der Waals surface area (Å²) in [6.45, 7) is -0.0652. The van der Waals surface area contributed by atoms with E-state index in [-0.39, 0.29) is 23.6 Å². The van der Waals surface area contributed by atoms with E-state index in [2.05, 4.69) is 9.97 Å². The van der Waals surface area contributed by atoms with Crippen molar-refractivity contribution in [2.24, 2.45) is 0 Å². The molecule has 3 heterocycles. The van der Waals surface area contributed by atoms with Crippen molar-refractivity contribution in [3.8, 4) is 11.1 Å². The molecule has 0 aliphatic rings. The van der Waals surface area contributed by atoms with Crippen molar-refractivity contribution in [2.75, 3.05) is 0 Å². The molecule has 27 heavy (non-hydrogen) atoms. The van der Waals surface area contributed by atoms with Crippen molar-refractivity contribution in [3.05, 3.63) is 90.7 Å². The quantitative estimate of drug-likeness (QED) is 0.432. The number of nitro groups is 1. The molecule has 1 N–H and O–H groups in total. The Labute approximate surface area is 155 Å². The Morgan fingerprint density at radius 1 is 1.15 bits per heavy atom. The van der Waals surface area contributed by atoms with Gasteiger partial charge in [0.15, 0.2) is 0 Å². The lowest BCUT2D eigenvalue weighted by atomic mass is 10.1. The molecule has 0 saturated carbocycles. The number of fused-ring (bicyclic) bond motifs is 1. The molecule has 0 aliphatic carbocycles. The Balaban J connectivity index is 1.78. The molecule has 9 heteroatoms. The zero-order valence-electron chi connectivity index (χ0n) is 13.8. The third kappa shape index (κ3) is 3.15. The van der Waals surface area contributed by atoms with Crippen molar-refractivity contribution >= 4 is 27.2 Å². The van der Waals surface area contributed by atoms with Crippen LogP contribution >= 0.6 is 11.3 Å². The third-order valence-electron chi connectivity index (χ3n) is 4.08. The second kappa shape index (κ2) is 6.61. The Morgan fingerprint density at radius 2 is 1.93 bits per heavy atom. The van der Waals surface area contributed by atoms with Crippen molar-refractivity contribution in [1.82, 2.24) is 14.5 Å². The number of aromatic nitrogens is 3. The number of hydrogen-bond donors (Lipinski definition) is 1. The van der Waals surface area contributed by atoms with E-state index in [4.69, 9.17) is 0 Å². The van der Waals surface area contributed by atoms with E-state index in [9.17, 15) is 19.7 Å². The Kier molecular flexibility index (Phi) is 4.13. The summed E-state index contributed by atoms with van der Waals surface area (Å²) in [4.78, 5) is 42.6. The summed E-state index contributed by atoms with van der Waals surface area (Å²) in [5.74, 6) is 0.261. The van der Waals surface area contributed by atoms with Gasteiger partial charge in [0.2, 0.25) is 0 Å². The van der Waals surface area contributed by atoms with Crippen LogP contribution in [0.3, 0.4) is 0 Å². The maximum Gasteiger partial charge on any atom is 0.285 e. The lowest BCUT2D eigenvalue weighted by molar-refractivity contribution is -0.385. The standard InChI is InChI=1S/C18H12N4O4S/c23-15-7-6-12(22(25)26)8-21(15)9-14-19-17(24)16-13(10-27-18(16)20-14)11-4-2-1-3-5-11/h1-8,10H,9H2,(H,19,20,24). The molecule has 0 fully saturated rings. The molecule has 4 aromatic rings. The summed E-state index contributed by atoms with van der Waals surface area (Å²) in [5.41, 5.74) is 0.774. The summed E-state index contributed by atoms with van der Waals surface area (Å²) in [6.07, 6.45) is 1.14. The van der Waals surface area contributed by atoms with Gasteiger partial charge < -0.3 is 9.55 Å². The molecular formula is C18H12N4O4S. The Hall–Kier alpha value is -3.59. The van der Waals surface area contributed by atoms with E-state index in [1.807, 2.05) is 35.7 Å². The number of rotatable bonds is 4. The van der Waals surface area contributed by atoms with Gasteiger partial charge in [-0.2, -0.15) is 0 Å². The van der Waals surface area contributed by atoms with Gasteiger partial charge in [-0.05, 0) is 5.56 Å². The number of thiophene rings is 1. The predicted octanol–water partition coefficient (Wildman–Crippen LogP) is 2.77. The highest BCUT2D eigenvalue weighted by Crippen LogP contribution is 2.30. The fourth-order valence-electron chi connectivity index (χ4n) is 2.81. The molecule has 0 amide bonds. The summed E-state index contributed by atoms with van der Waals surface area (Å²) < 4.78 is 1.15. The Morgan fingerprint density at radius 3 is 2.67 bits per heavy atom. The molecule has 0 bridgehead atoms. The first kappa shape index (κ1) is 16.9. The molecule has 0 unspecified atom stereocenters. The van der Waals surface area contributed by atoms with Gasteiger partial charge in [-0.1, -0.05) is 30.3 Å². The number of benzene rings is 1. The smallest absolute Gasteiger partial charge is 0.285 e. The summed E-state index contributed by atoms with van der Waals surface area (Å²) in [5, 5.41) is 13.3. The minimum atomic E-state index is -0.583. The molecule has 8 nitrogen and oxygen atoms in total. The highest BCUT2D eigenvalue weighted by molar-refractivity contribution is 7.17. The molecule has 0 spiro atoms. The fourth-order valence-corrected chi connectivity index (χ4v) is 3.78. The number of nitrogens with one attached hydrogen (secondary N) is 1. The first-order chi connectivity index (χ1) is 13.0. The van der Waals surface area contributed by atoms with Crippen LogP contribution in [-0.2, 0) is 6.54 Å². The maximum absolute atomic E-state index is 12.6. The van der Waals surface area contributed by atoms with Crippen LogP contribution in [-0.4, -0.2) is 19.5 Å². The van der Waals surface area contributed by atoms with Gasteiger partial charge in [-0.15, -0.1) is 11.3 Å². The van der Waals surface area contributed by atoms with Crippen LogP contribution < -0.4 is 11.1 Å². The van der Waals surface area contributed by atoms with Crippen LogP contribution in [0.1, 0.15) is 5.82 Å². The van der Waals surface area contributed by atoms with E-state index in [1.54, 1.807) is 0 Å². The first-order valence-electron chi connectivity index (χ1n) is 7.93.